The summed E-state index contributed by atoms with van der Waals surface area (Å²) in [6.45, 7) is 4.08. The van der Waals surface area contributed by atoms with Gasteiger partial charge in [0.25, 0.3) is 5.56 Å². The van der Waals surface area contributed by atoms with Gasteiger partial charge in [0.2, 0.25) is 0 Å². The number of imidazole rings is 1. The Labute approximate surface area is 201 Å². The number of likely N-dealkylation sites (N-methyl/N-ethyl adjacent to an activating group) is 1. The van der Waals surface area contributed by atoms with E-state index in [2.05, 4.69) is 44.3 Å². The van der Waals surface area contributed by atoms with E-state index >= 15 is 0 Å². The molecule has 2 aliphatic rings. The largest absolute Gasteiger partial charge is 0.391 e. The second-order valence-corrected chi connectivity index (χ2v) is 10.5. The van der Waals surface area contributed by atoms with Gasteiger partial charge < -0.3 is 30.2 Å². The van der Waals surface area contributed by atoms with Gasteiger partial charge in [-0.2, -0.15) is 0 Å². The number of aliphatic hydroxyl groups excluding tert-OH is 1. The third-order valence-electron chi connectivity index (χ3n) is 7.27. The van der Waals surface area contributed by atoms with Crippen LogP contribution in [0.1, 0.15) is 25.7 Å². The average molecular weight is 479 g/mol. The lowest BCUT2D eigenvalue weighted by Crippen LogP contribution is -2.44. The maximum Gasteiger partial charge on any atom is 0.262 e. The third kappa shape index (κ3) is 3.87. The van der Waals surface area contributed by atoms with E-state index in [1.807, 2.05) is 17.5 Å². The van der Waals surface area contributed by atoms with Crippen LogP contribution >= 0.6 is 11.3 Å². The molecule has 4 heterocycles. The van der Waals surface area contributed by atoms with E-state index in [4.69, 9.17) is 4.98 Å². The number of aromatic amines is 2. The van der Waals surface area contributed by atoms with E-state index in [0.717, 1.165) is 78.8 Å². The number of anilines is 2. The zero-order chi connectivity index (χ0) is 23.2. The van der Waals surface area contributed by atoms with Gasteiger partial charge in [-0.05, 0) is 49.5 Å². The minimum absolute atomic E-state index is 0.0781. The van der Waals surface area contributed by atoms with Crippen LogP contribution < -0.4 is 15.8 Å². The predicted octanol–water partition coefficient (Wildman–Crippen LogP) is 3.60. The molecule has 178 valence electrons. The number of hydrogen-bond donors (Lipinski definition) is 4. The number of aromatic nitrogens is 3. The van der Waals surface area contributed by atoms with Crippen LogP contribution in [0.2, 0.25) is 0 Å². The number of nitrogens with one attached hydrogen (secondary N) is 3. The Morgan fingerprint density at radius 3 is 2.76 bits per heavy atom. The first-order valence-corrected chi connectivity index (χ1v) is 13.0. The number of fused-ring (bicyclic) bond motifs is 2. The van der Waals surface area contributed by atoms with Crippen LogP contribution in [0.25, 0.3) is 32.6 Å². The molecule has 2 atom stereocenters. The molecule has 4 N–H and O–H groups in total. The van der Waals surface area contributed by atoms with Crippen molar-refractivity contribution in [3.05, 3.63) is 40.0 Å². The molecule has 0 radical (unpaired) electrons. The van der Waals surface area contributed by atoms with Gasteiger partial charge >= 0.3 is 0 Å². The minimum atomic E-state index is -0.420. The van der Waals surface area contributed by atoms with Crippen molar-refractivity contribution >= 4 is 44.0 Å². The van der Waals surface area contributed by atoms with Crippen LogP contribution in [0, 0.1) is 0 Å². The van der Waals surface area contributed by atoms with Gasteiger partial charge in [-0.1, -0.05) is 12.8 Å². The van der Waals surface area contributed by atoms with E-state index in [0.29, 0.717) is 11.4 Å². The topological polar surface area (TPSA) is 100 Å². The molecule has 2 fully saturated rings. The molecule has 1 saturated heterocycles. The molecule has 0 spiro atoms. The molecule has 9 heteroatoms. The van der Waals surface area contributed by atoms with Crippen LogP contribution in [0.15, 0.2) is 34.4 Å². The number of thiophene rings is 1. The molecule has 8 nitrogen and oxygen atoms in total. The number of piperazine rings is 1. The Morgan fingerprint density at radius 1 is 1.12 bits per heavy atom. The van der Waals surface area contributed by atoms with Crippen molar-refractivity contribution in [3.63, 3.8) is 0 Å². The van der Waals surface area contributed by atoms with Crippen molar-refractivity contribution in [3.8, 4) is 11.4 Å². The van der Waals surface area contributed by atoms with E-state index in [9.17, 15) is 9.90 Å². The number of hydrogen-bond acceptors (Lipinski definition) is 7. The molecular formula is C25H30N6O2S. The quantitative estimate of drug-likeness (QED) is 0.358. The summed E-state index contributed by atoms with van der Waals surface area (Å²) in [7, 11) is 2.15. The maximum absolute atomic E-state index is 13.3. The monoisotopic (exact) mass is 478 g/mol. The molecule has 0 amide bonds. The standard InChI is InChI=1S/C25H30N6O2S/c1-30-9-11-31(12-10-30)15-6-7-17-19(14-15)28-23(27-17)21-22(26-18-4-2-3-5-20(18)32)16-8-13-34-25(16)29-24(21)33/h6-8,13-14,18,20,32H,2-5,9-12H2,1H3,(H,27,28)(H2,26,29,33)/t18-,20+/m0/s1. The highest BCUT2D eigenvalue weighted by molar-refractivity contribution is 7.16. The maximum atomic E-state index is 13.3. The molecule has 0 bridgehead atoms. The van der Waals surface area contributed by atoms with Gasteiger partial charge in [0.1, 0.15) is 16.2 Å². The zero-order valence-electron chi connectivity index (χ0n) is 19.3. The summed E-state index contributed by atoms with van der Waals surface area (Å²) in [6, 6.07) is 8.21. The first-order chi connectivity index (χ1) is 16.6. The van der Waals surface area contributed by atoms with Crippen LogP contribution in [-0.4, -0.2) is 70.3 Å². The minimum Gasteiger partial charge on any atom is -0.391 e. The average Bonchev–Trinajstić information content (AvgIpc) is 3.47. The fourth-order valence-electron chi connectivity index (χ4n) is 5.24. The van der Waals surface area contributed by atoms with E-state index in [-0.39, 0.29) is 11.6 Å². The second-order valence-electron chi connectivity index (χ2n) is 9.55. The summed E-state index contributed by atoms with van der Waals surface area (Å²) in [5.74, 6) is 0.549. The lowest BCUT2D eigenvalue weighted by Gasteiger charge is -2.34. The van der Waals surface area contributed by atoms with Crippen molar-refractivity contribution in [2.45, 2.75) is 37.8 Å². The van der Waals surface area contributed by atoms with Gasteiger partial charge in [0.05, 0.1) is 28.9 Å². The highest BCUT2D eigenvalue weighted by Gasteiger charge is 2.27. The van der Waals surface area contributed by atoms with Crippen molar-refractivity contribution in [2.24, 2.45) is 0 Å². The van der Waals surface area contributed by atoms with Crippen molar-refractivity contribution in [1.82, 2.24) is 19.9 Å². The zero-order valence-corrected chi connectivity index (χ0v) is 20.1. The van der Waals surface area contributed by atoms with Gasteiger partial charge in [-0.3, -0.25) is 4.79 Å². The molecule has 34 heavy (non-hydrogen) atoms. The summed E-state index contributed by atoms with van der Waals surface area (Å²) >= 11 is 1.51. The van der Waals surface area contributed by atoms with Crippen LogP contribution in [0.4, 0.5) is 11.4 Å². The molecule has 3 aromatic heterocycles. The van der Waals surface area contributed by atoms with Gasteiger partial charge in [0, 0.05) is 37.3 Å². The first kappa shape index (κ1) is 21.6. The third-order valence-corrected chi connectivity index (χ3v) is 8.10. The summed E-state index contributed by atoms with van der Waals surface area (Å²) in [5, 5.41) is 17.1. The summed E-state index contributed by atoms with van der Waals surface area (Å²) in [4.78, 5) is 30.1. The molecule has 0 unspecified atom stereocenters. The summed E-state index contributed by atoms with van der Waals surface area (Å²) in [6.07, 6.45) is 3.35. The Kier molecular flexibility index (Phi) is 5.55. The molecule has 6 rings (SSSR count). The molecular weight excluding hydrogens is 448 g/mol. The number of H-pyrrole nitrogens is 2. The SMILES string of the molecule is CN1CCN(c2ccc3nc(-c4c(N[C@H]5CCCC[C@H]5O)c5ccsc5[nH]c4=O)[nH]c3c2)CC1. The fraction of sp³-hybridized carbons (Fsp3) is 0.440. The van der Waals surface area contributed by atoms with Crippen LogP contribution in [0.3, 0.4) is 0 Å². The van der Waals surface area contributed by atoms with E-state index in [1.54, 1.807) is 0 Å². The lowest BCUT2D eigenvalue weighted by atomic mass is 9.92. The highest BCUT2D eigenvalue weighted by Crippen LogP contribution is 2.35. The first-order valence-electron chi connectivity index (χ1n) is 12.1. The van der Waals surface area contributed by atoms with Gasteiger partial charge in [-0.25, -0.2) is 4.98 Å². The van der Waals surface area contributed by atoms with Crippen LogP contribution in [0.5, 0.6) is 0 Å². The number of aliphatic hydroxyl groups is 1. The van der Waals surface area contributed by atoms with E-state index < -0.39 is 6.10 Å². The Balaban J connectivity index is 1.42. The van der Waals surface area contributed by atoms with Gasteiger partial charge in [-0.15, -0.1) is 11.3 Å². The number of benzene rings is 1. The fourth-order valence-corrected chi connectivity index (χ4v) is 6.02. The van der Waals surface area contributed by atoms with E-state index in [1.165, 1.54) is 17.0 Å². The normalized spacial score (nSPS) is 22.0. The second kappa shape index (κ2) is 8.72. The Morgan fingerprint density at radius 2 is 1.94 bits per heavy atom. The molecule has 1 aromatic carbocycles. The summed E-state index contributed by atoms with van der Waals surface area (Å²) < 4.78 is 0. The summed E-state index contributed by atoms with van der Waals surface area (Å²) in [5.41, 5.74) is 3.99. The smallest absolute Gasteiger partial charge is 0.262 e. The lowest BCUT2D eigenvalue weighted by molar-refractivity contribution is 0.116. The Hall–Kier alpha value is -2.88. The van der Waals surface area contributed by atoms with Crippen LogP contribution in [-0.2, 0) is 0 Å². The van der Waals surface area contributed by atoms with Crippen molar-refractivity contribution < 1.29 is 5.11 Å². The molecule has 1 aliphatic heterocycles. The number of nitrogens with zero attached hydrogens (tertiary/aromatic N) is 3. The van der Waals surface area contributed by atoms with Crippen molar-refractivity contribution in [2.75, 3.05) is 43.4 Å². The molecule has 1 aliphatic carbocycles. The van der Waals surface area contributed by atoms with Gasteiger partial charge in [0.15, 0.2) is 0 Å². The molecule has 1 saturated carbocycles. The number of rotatable bonds is 4. The predicted molar refractivity (Wildman–Crippen MR) is 139 cm³/mol. The number of pyridine rings is 1. The Bertz CT molecular complexity index is 1380. The van der Waals surface area contributed by atoms with Crippen molar-refractivity contribution in [1.29, 1.82) is 0 Å². The molecule has 4 aromatic rings. The highest BCUT2D eigenvalue weighted by atomic mass is 32.1.